The van der Waals surface area contributed by atoms with Crippen molar-refractivity contribution in [1.82, 2.24) is 10.2 Å². The normalized spacial score (nSPS) is 11.8. The number of carbonyl (C=O) groups excluding carboxylic acids is 1. The molecule has 0 saturated heterocycles. The molecule has 0 aliphatic carbocycles. The van der Waals surface area contributed by atoms with Crippen LogP contribution in [0.25, 0.3) is 0 Å². The Morgan fingerprint density at radius 3 is 2.74 bits per heavy atom. The van der Waals surface area contributed by atoms with Gasteiger partial charge in [-0.25, -0.2) is 0 Å². The molecule has 1 aromatic heterocycles. The molecule has 0 saturated carbocycles. The van der Waals surface area contributed by atoms with Crippen molar-refractivity contribution in [2.24, 2.45) is 0 Å². The Balaban J connectivity index is 1.54. The molecule has 1 heterocycles. The molecule has 27 heavy (non-hydrogen) atoms. The zero-order valence-electron chi connectivity index (χ0n) is 15.4. The minimum Gasteiger partial charge on any atom is -0.484 e. The van der Waals surface area contributed by atoms with Crippen molar-refractivity contribution in [1.29, 1.82) is 0 Å². The molecule has 0 aliphatic rings. The molecule has 0 spiro atoms. The Morgan fingerprint density at radius 1 is 1.19 bits per heavy atom. The van der Waals surface area contributed by atoms with E-state index in [-0.39, 0.29) is 17.8 Å². The van der Waals surface area contributed by atoms with E-state index in [4.69, 9.17) is 9.15 Å². The third kappa shape index (κ3) is 5.34. The van der Waals surface area contributed by atoms with Crippen molar-refractivity contribution >= 4 is 23.4 Å². The number of benzene rings is 2. The molecule has 3 rings (SSSR count). The first-order valence-electron chi connectivity index (χ1n) is 8.56. The summed E-state index contributed by atoms with van der Waals surface area (Å²) in [7, 11) is 0. The smallest absolute Gasteiger partial charge is 0.277 e. The van der Waals surface area contributed by atoms with Crippen LogP contribution in [0, 0.1) is 13.8 Å². The summed E-state index contributed by atoms with van der Waals surface area (Å²) < 4.78 is 11.3. The predicted octanol–water partition coefficient (Wildman–Crippen LogP) is 4.38. The minimum atomic E-state index is -0.376. The number of para-hydroxylation sites is 1. The molecule has 3 aromatic rings. The van der Waals surface area contributed by atoms with Gasteiger partial charge in [0, 0.05) is 5.69 Å². The molecule has 1 unspecified atom stereocenters. The van der Waals surface area contributed by atoms with Gasteiger partial charge >= 0.3 is 0 Å². The SMILES string of the molecule is Cc1ccc(C)c(OCc2nnc(SC(C)C(=O)Nc3ccccc3)o2)c1. The van der Waals surface area contributed by atoms with Gasteiger partial charge in [0.05, 0.1) is 5.25 Å². The first-order chi connectivity index (χ1) is 13.0. The molecule has 0 radical (unpaired) electrons. The van der Waals surface area contributed by atoms with Crippen LogP contribution in [0.1, 0.15) is 23.9 Å². The Bertz CT molecular complexity index is 912. The summed E-state index contributed by atoms with van der Waals surface area (Å²) in [5.74, 6) is 1.03. The van der Waals surface area contributed by atoms with Gasteiger partial charge in [0.15, 0.2) is 6.61 Å². The van der Waals surface area contributed by atoms with Gasteiger partial charge < -0.3 is 14.5 Å². The van der Waals surface area contributed by atoms with Gasteiger partial charge in [-0.2, -0.15) is 0 Å². The number of nitrogens with one attached hydrogen (secondary N) is 1. The van der Waals surface area contributed by atoms with E-state index in [9.17, 15) is 4.79 Å². The zero-order chi connectivity index (χ0) is 19.2. The van der Waals surface area contributed by atoms with Gasteiger partial charge in [0.1, 0.15) is 5.75 Å². The van der Waals surface area contributed by atoms with E-state index >= 15 is 0 Å². The van der Waals surface area contributed by atoms with Crippen LogP contribution in [-0.2, 0) is 11.4 Å². The van der Waals surface area contributed by atoms with E-state index in [0.717, 1.165) is 22.6 Å². The van der Waals surface area contributed by atoms with E-state index in [1.54, 1.807) is 6.92 Å². The Labute approximate surface area is 162 Å². The first kappa shape index (κ1) is 19.0. The van der Waals surface area contributed by atoms with Crippen LogP contribution in [0.5, 0.6) is 5.75 Å². The summed E-state index contributed by atoms with van der Waals surface area (Å²) >= 11 is 1.21. The summed E-state index contributed by atoms with van der Waals surface area (Å²) in [6.07, 6.45) is 0. The van der Waals surface area contributed by atoms with Crippen molar-refractivity contribution in [3.63, 3.8) is 0 Å². The van der Waals surface area contributed by atoms with Crippen LogP contribution in [0.15, 0.2) is 58.2 Å². The summed E-state index contributed by atoms with van der Waals surface area (Å²) in [5.41, 5.74) is 2.92. The van der Waals surface area contributed by atoms with E-state index in [1.165, 1.54) is 11.8 Å². The number of amides is 1. The maximum Gasteiger partial charge on any atom is 0.277 e. The van der Waals surface area contributed by atoms with Crippen molar-refractivity contribution in [2.75, 3.05) is 5.32 Å². The number of aryl methyl sites for hydroxylation is 2. The lowest BCUT2D eigenvalue weighted by atomic mass is 10.1. The second-order valence-electron chi connectivity index (χ2n) is 6.13. The van der Waals surface area contributed by atoms with Gasteiger partial charge in [0.25, 0.3) is 11.1 Å². The maximum absolute atomic E-state index is 12.3. The molecule has 0 bridgehead atoms. The molecule has 7 heteroatoms. The molecule has 2 aromatic carbocycles. The number of nitrogens with zero attached hydrogens (tertiary/aromatic N) is 2. The van der Waals surface area contributed by atoms with Crippen molar-refractivity contribution in [2.45, 2.75) is 37.9 Å². The standard InChI is InChI=1S/C20H21N3O3S/c1-13-9-10-14(2)17(11-13)25-12-18-22-23-20(26-18)27-15(3)19(24)21-16-7-5-4-6-8-16/h4-11,15H,12H2,1-3H3,(H,21,24). The van der Waals surface area contributed by atoms with E-state index < -0.39 is 0 Å². The van der Waals surface area contributed by atoms with Gasteiger partial charge in [-0.1, -0.05) is 42.1 Å². The predicted molar refractivity (Wildman–Crippen MR) is 105 cm³/mol. The number of aromatic nitrogens is 2. The van der Waals surface area contributed by atoms with Crippen LogP contribution in [0.3, 0.4) is 0 Å². The summed E-state index contributed by atoms with van der Waals surface area (Å²) in [5, 5.41) is 10.8. The molecule has 6 nitrogen and oxygen atoms in total. The molecule has 1 amide bonds. The third-order valence-electron chi connectivity index (χ3n) is 3.83. The summed E-state index contributed by atoms with van der Waals surface area (Å²) in [4.78, 5) is 12.3. The minimum absolute atomic E-state index is 0.127. The number of rotatable bonds is 7. The molecule has 140 valence electrons. The molecule has 0 fully saturated rings. The lowest BCUT2D eigenvalue weighted by Crippen LogP contribution is -2.22. The van der Waals surface area contributed by atoms with Gasteiger partial charge in [-0.05, 0) is 50.1 Å². The topological polar surface area (TPSA) is 77.2 Å². The Hall–Kier alpha value is -2.80. The van der Waals surface area contributed by atoms with Gasteiger partial charge in [-0.3, -0.25) is 4.79 Å². The van der Waals surface area contributed by atoms with Crippen LogP contribution in [0.2, 0.25) is 0 Å². The highest BCUT2D eigenvalue weighted by Crippen LogP contribution is 2.24. The lowest BCUT2D eigenvalue weighted by molar-refractivity contribution is -0.115. The first-order valence-corrected chi connectivity index (χ1v) is 9.44. The molecular weight excluding hydrogens is 362 g/mol. The fourth-order valence-electron chi connectivity index (χ4n) is 2.32. The van der Waals surface area contributed by atoms with Gasteiger partial charge in [-0.15, -0.1) is 10.2 Å². The number of thioether (sulfide) groups is 1. The van der Waals surface area contributed by atoms with E-state index in [2.05, 4.69) is 15.5 Å². The molecule has 1 atom stereocenters. The van der Waals surface area contributed by atoms with E-state index in [0.29, 0.717) is 11.1 Å². The highest BCUT2D eigenvalue weighted by molar-refractivity contribution is 8.00. The summed E-state index contributed by atoms with van der Waals surface area (Å²) in [6.45, 7) is 5.97. The van der Waals surface area contributed by atoms with Crippen LogP contribution in [0.4, 0.5) is 5.69 Å². The number of carbonyl (C=O) groups is 1. The number of hydrogen-bond acceptors (Lipinski definition) is 6. The van der Waals surface area contributed by atoms with Crippen LogP contribution < -0.4 is 10.1 Å². The fourth-order valence-corrected chi connectivity index (χ4v) is 3.02. The van der Waals surface area contributed by atoms with Crippen molar-refractivity contribution < 1.29 is 13.9 Å². The molecule has 1 N–H and O–H groups in total. The monoisotopic (exact) mass is 383 g/mol. The number of ether oxygens (including phenoxy) is 1. The third-order valence-corrected chi connectivity index (χ3v) is 4.77. The van der Waals surface area contributed by atoms with E-state index in [1.807, 2.05) is 62.4 Å². The van der Waals surface area contributed by atoms with Gasteiger partial charge in [0.2, 0.25) is 5.91 Å². The summed E-state index contributed by atoms with van der Waals surface area (Å²) in [6, 6.07) is 15.3. The second kappa shape index (κ2) is 8.73. The van der Waals surface area contributed by atoms with Crippen molar-refractivity contribution in [3.05, 3.63) is 65.5 Å². The highest BCUT2D eigenvalue weighted by atomic mass is 32.2. The maximum atomic E-state index is 12.3. The van der Waals surface area contributed by atoms with Crippen LogP contribution >= 0.6 is 11.8 Å². The molecular formula is C20H21N3O3S. The zero-order valence-corrected chi connectivity index (χ0v) is 16.2. The largest absolute Gasteiger partial charge is 0.484 e. The number of anilines is 1. The quantitative estimate of drug-likeness (QED) is 0.610. The Kier molecular flexibility index (Phi) is 6.13. The molecule has 0 aliphatic heterocycles. The van der Waals surface area contributed by atoms with Crippen LogP contribution in [-0.4, -0.2) is 21.4 Å². The highest BCUT2D eigenvalue weighted by Gasteiger charge is 2.18. The Morgan fingerprint density at radius 2 is 1.96 bits per heavy atom. The second-order valence-corrected chi connectivity index (χ2v) is 7.43. The number of hydrogen-bond donors (Lipinski definition) is 1. The van der Waals surface area contributed by atoms with Crippen molar-refractivity contribution in [3.8, 4) is 5.75 Å². The fraction of sp³-hybridized carbons (Fsp3) is 0.250. The average molecular weight is 383 g/mol. The average Bonchev–Trinajstić information content (AvgIpc) is 3.10. The lowest BCUT2D eigenvalue weighted by Gasteiger charge is -2.09.